The molecule has 1 amide bonds. The van der Waals surface area contributed by atoms with Crippen LogP contribution in [0.3, 0.4) is 0 Å². The highest BCUT2D eigenvalue weighted by Gasteiger charge is 2.31. The van der Waals surface area contributed by atoms with Crippen LogP contribution in [-0.2, 0) is 6.54 Å². The van der Waals surface area contributed by atoms with E-state index >= 15 is 0 Å². The lowest BCUT2D eigenvalue weighted by atomic mass is 10.1. The lowest BCUT2D eigenvalue weighted by molar-refractivity contribution is -0.274. The second-order valence-electron chi connectivity index (χ2n) is 7.85. The molecular formula is C25H23F3N4O2. The first-order chi connectivity index (χ1) is 16.2. The summed E-state index contributed by atoms with van der Waals surface area (Å²) in [6.45, 7) is 2.90. The lowest BCUT2D eigenvalue weighted by Gasteiger charge is -2.25. The summed E-state index contributed by atoms with van der Waals surface area (Å²) >= 11 is 0. The second kappa shape index (κ2) is 9.46. The van der Waals surface area contributed by atoms with E-state index in [2.05, 4.69) is 14.6 Å². The van der Waals surface area contributed by atoms with Gasteiger partial charge in [-0.2, -0.15) is 0 Å². The number of benzene rings is 2. The molecule has 176 valence electrons. The lowest BCUT2D eigenvalue weighted by Crippen LogP contribution is -2.30. The quantitative estimate of drug-likeness (QED) is 0.485. The summed E-state index contributed by atoms with van der Waals surface area (Å²) < 4.78 is 41.2. The summed E-state index contributed by atoms with van der Waals surface area (Å²) in [4.78, 5) is 22.9. The van der Waals surface area contributed by atoms with E-state index in [1.165, 1.54) is 12.1 Å². The van der Waals surface area contributed by atoms with E-state index in [1.807, 2.05) is 54.4 Å². The Labute approximate surface area is 195 Å². The predicted octanol–water partition coefficient (Wildman–Crippen LogP) is 5.40. The van der Waals surface area contributed by atoms with E-state index in [0.29, 0.717) is 18.8 Å². The number of hydrogen-bond acceptors (Lipinski definition) is 5. The maximum Gasteiger partial charge on any atom is 0.573 e. The van der Waals surface area contributed by atoms with Crippen LogP contribution in [0, 0.1) is 0 Å². The summed E-state index contributed by atoms with van der Waals surface area (Å²) in [5.41, 5.74) is 3.80. The van der Waals surface area contributed by atoms with E-state index < -0.39 is 6.36 Å². The van der Waals surface area contributed by atoms with Crippen molar-refractivity contribution >= 4 is 17.3 Å². The number of carbonyl (C=O) groups excluding carboxylic acids is 1. The van der Waals surface area contributed by atoms with Gasteiger partial charge in [0.25, 0.3) is 5.91 Å². The van der Waals surface area contributed by atoms with Gasteiger partial charge in [-0.1, -0.05) is 18.2 Å². The van der Waals surface area contributed by atoms with Crippen LogP contribution in [0.2, 0.25) is 0 Å². The van der Waals surface area contributed by atoms with Gasteiger partial charge in [0.15, 0.2) is 0 Å². The number of ether oxygens (including phenoxy) is 1. The molecule has 4 rings (SSSR count). The van der Waals surface area contributed by atoms with Crippen molar-refractivity contribution in [3.05, 3.63) is 96.1 Å². The van der Waals surface area contributed by atoms with Crippen LogP contribution in [0.4, 0.5) is 24.5 Å². The Morgan fingerprint density at radius 1 is 1.09 bits per heavy atom. The smallest absolute Gasteiger partial charge is 0.406 e. The van der Waals surface area contributed by atoms with Gasteiger partial charge >= 0.3 is 6.36 Å². The van der Waals surface area contributed by atoms with Crippen molar-refractivity contribution in [1.82, 2.24) is 9.88 Å². The fourth-order valence-electron chi connectivity index (χ4n) is 3.72. The minimum Gasteiger partial charge on any atom is -0.406 e. The third kappa shape index (κ3) is 5.31. The minimum absolute atomic E-state index is 0.160. The monoisotopic (exact) mass is 468 g/mol. The molecule has 1 aliphatic heterocycles. The molecule has 0 unspecified atom stereocenters. The molecule has 0 atom stereocenters. The molecule has 2 heterocycles. The van der Waals surface area contributed by atoms with Crippen molar-refractivity contribution < 1.29 is 22.7 Å². The number of aromatic nitrogens is 1. The van der Waals surface area contributed by atoms with Gasteiger partial charge in [0, 0.05) is 49.3 Å². The summed E-state index contributed by atoms with van der Waals surface area (Å²) in [7, 11) is 1.73. The fourth-order valence-corrected chi connectivity index (χ4v) is 3.72. The number of para-hydroxylation sites is 1. The molecule has 3 aromatic rings. The van der Waals surface area contributed by atoms with Crippen LogP contribution in [0.15, 0.2) is 85.0 Å². The molecule has 2 aromatic carbocycles. The Balaban J connectivity index is 1.47. The molecule has 0 radical (unpaired) electrons. The molecule has 1 aliphatic rings. The van der Waals surface area contributed by atoms with Gasteiger partial charge in [-0.25, -0.2) is 0 Å². The number of pyridine rings is 1. The molecular weight excluding hydrogens is 445 g/mol. The number of allylic oxidation sites excluding steroid dienone is 1. The second-order valence-corrected chi connectivity index (χ2v) is 7.85. The Bertz CT molecular complexity index is 1180. The first-order valence-electron chi connectivity index (χ1n) is 10.5. The first-order valence-corrected chi connectivity index (χ1v) is 10.5. The molecule has 0 aliphatic carbocycles. The van der Waals surface area contributed by atoms with Gasteiger partial charge in [-0.05, 0) is 55.0 Å². The number of carbonyl (C=O) groups is 1. The summed E-state index contributed by atoms with van der Waals surface area (Å²) in [5, 5.41) is 0. The van der Waals surface area contributed by atoms with E-state index in [4.69, 9.17) is 0 Å². The van der Waals surface area contributed by atoms with Crippen molar-refractivity contribution in [3.8, 4) is 5.75 Å². The largest absolute Gasteiger partial charge is 0.573 e. The zero-order valence-electron chi connectivity index (χ0n) is 18.7. The highest BCUT2D eigenvalue weighted by molar-refractivity contribution is 6.06. The number of hydrogen-bond donors (Lipinski definition) is 0. The van der Waals surface area contributed by atoms with Gasteiger partial charge in [0.05, 0.1) is 12.2 Å². The van der Waals surface area contributed by atoms with Crippen molar-refractivity contribution in [2.45, 2.75) is 19.8 Å². The molecule has 0 N–H and O–H groups in total. The van der Waals surface area contributed by atoms with Crippen molar-refractivity contribution in [3.63, 3.8) is 0 Å². The van der Waals surface area contributed by atoms with Crippen LogP contribution in [0.25, 0.3) is 0 Å². The van der Waals surface area contributed by atoms with Crippen molar-refractivity contribution in [2.75, 3.05) is 23.5 Å². The van der Waals surface area contributed by atoms with E-state index in [9.17, 15) is 18.0 Å². The normalized spacial score (nSPS) is 13.6. The number of nitrogens with zero attached hydrogens (tertiary/aromatic N) is 4. The van der Waals surface area contributed by atoms with E-state index in [-0.39, 0.29) is 11.7 Å². The highest BCUT2D eigenvalue weighted by atomic mass is 19.4. The van der Waals surface area contributed by atoms with Crippen LogP contribution in [0.5, 0.6) is 5.75 Å². The number of anilines is 2. The molecule has 34 heavy (non-hydrogen) atoms. The van der Waals surface area contributed by atoms with E-state index in [0.717, 1.165) is 22.6 Å². The van der Waals surface area contributed by atoms with Crippen LogP contribution < -0.4 is 14.5 Å². The zero-order valence-corrected chi connectivity index (χ0v) is 18.7. The molecule has 6 nitrogen and oxygen atoms in total. The average molecular weight is 468 g/mol. The molecule has 0 spiro atoms. The first kappa shape index (κ1) is 23.2. The molecule has 1 aromatic heterocycles. The van der Waals surface area contributed by atoms with Crippen LogP contribution in [0.1, 0.15) is 22.8 Å². The molecule has 0 fully saturated rings. The Morgan fingerprint density at radius 3 is 2.47 bits per heavy atom. The van der Waals surface area contributed by atoms with Crippen molar-refractivity contribution in [2.24, 2.45) is 0 Å². The van der Waals surface area contributed by atoms with Gasteiger partial charge in [0.2, 0.25) is 0 Å². The van der Waals surface area contributed by atoms with Gasteiger partial charge < -0.3 is 19.4 Å². The fraction of sp³-hybridized carbons (Fsp3) is 0.200. The summed E-state index contributed by atoms with van der Waals surface area (Å²) in [6, 6.07) is 16.9. The number of rotatable bonds is 6. The number of alkyl halides is 3. The third-order valence-electron chi connectivity index (χ3n) is 5.52. The van der Waals surface area contributed by atoms with Crippen molar-refractivity contribution in [1.29, 1.82) is 0 Å². The Morgan fingerprint density at radius 2 is 1.79 bits per heavy atom. The summed E-state index contributed by atoms with van der Waals surface area (Å²) in [5.74, 6) is -0.428. The Kier molecular flexibility index (Phi) is 6.45. The standard InChI is InChI=1S/C25H23F3N4O2/c1-18-15-32(21-8-10-22(11-9-21)34-25(26,27)28)17-31(18)16-19-12-13-29-14-23(19)24(33)30(2)20-6-4-3-5-7-20/h3-15H,16-17H2,1-2H3. The average Bonchev–Trinajstić information content (AvgIpc) is 3.18. The topological polar surface area (TPSA) is 48.9 Å². The third-order valence-corrected chi connectivity index (χ3v) is 5.52. The molecule has 0 bridgehead atoms. The maximum atomic E-state index is 13.2. The number of halogens is 3. The molecule has 0 saturated heterocycles. The summed E-state index contributed by atoms with van der Waals surface area (Å²) in [6.07, 6.45) is 0.416. The number of amides is 1. The Hall–Kier alpha value is -4.01. The molecule has 0 saturated carbocycles. The SMILES string of the molecule is CC1=CN(c2ccc(OC(F)(F)F)cc2)CN1Cc1ccncc1C(=O)N(C)c1ccccc1. The molecule has 9 heteroatoms. The maximum absolute atomic E-state index is 13.2. The van der Waals surface area contributed by atoms with Gasteiger partial charge in [-0.3, -0.25) is 9.78 Å². The highest BCUT2D eigenvalue weighted by Crippen LogP contribution is 2.29. The van der Waals surface area contributed by atoms with Crippen LogP contribution >= 0.6 is 0 Å². The van der Waals surface area contributed by atoms with E-state index in [1.54, 1.807) is 36.5 Å². The predicted molar refractivity (Wildman–Crippen MR) is 123 cm³/mol. The zero-order chi connectivity index (χ0) is 24.3. The van der Waals surface area contributed by atoms with Crippen LogP contribution in [-0.4, -0.2) is 35.9 Å². The van der Waals surface area contributed by atoms with Gasteiger partial charge in [-0.15, -0.1) is 13.2 Å². The van der Waals surface area contributed by atoms with Gasteiger partial charge in [0.1, 0.15) is 5.75 Å². The minimum atomic E-state index is -4.73.